The minimum absolute atomic E-state index is 0.339. The van der Waals surface area contributed by atoms with Crippen molar-refractivity contribution >= 4 is 17.7 Å². The molecule has 2 aliphatic heterocycles. The van der Waals surface area contributed by atoms with Gasteiger partial charge in [0.15, 0.2) is 0 Å². The van der Waals surface area contributed by atoms with Crippen molar-refractivity contribution < 1.29 is 19.2 Å². The van der Waals surface area contributed by atoms with E-state index in [1.165, 1.54) is 4.90 Å². The van der Waals surface area contributed by atoms with Gasteiger partial charge in [0.05, 0.1) is 6.04 Å². The van der Waals surface area contributed by atoms with E-state index in [9.17, 15) is 9.59 Å². The maximum atomic E-state index is 13.6. The number of imide groups is 1. The van der Waals surface area contributed by atoms with E-state index >= 15 is 0 Å². The highest BCUT2D eigenvalue weighted by atomic mass is 16.6. The zero-order valence-corrected chi connectivity index (χ0v) is 16.7. The summed E-state index contributed by atoms with van der Waals surface area (Å²) in [5, 5.41) is 4.15. The van der Waals surface area contributed by atoms with Crippen LogP contribution in [0.2, 0.25) is 0 Å². The predicted molar refractivity (Wildman–Crippen MR) is 108 cm³/mol. The number of ether oxygens (including phenoxy) is 1. The Morgan fingerprint density at radius 2 is 1.69 bits per heavy atom. The van der Waals surface area contributed by atoms with Gasteiger partial charge in [0.1, 0.15) is 23.3 Å². The van der Waals surface area contributed by atoms with Gasteiger partial charge in [-0.3, -0.25) is 4.79 Å². The summed E-state index contributed by atoms with van der Waals surface area (Å²) in [6.45, 7) is 5.47. The number of carbonyl (C=O) groups is 2. The zero-order valence-electron chi connectivity index (χ0n) is 16.7. The molecule has 3 atom stereocenters. The van der Waals surface area contributed by atoms with Gasteiger partial charge in [-0.1, -0.05) is 65.8 Å². The lowest BCUT2D eigenvalue weighted by Gasteiger charge is -2.29. The Kier molecular flexibility index (Phi) is 4.86. The molecule has 2 amide bonds. The van der Waals surface area contributed by atoms with Gasteiger partial charge in [-0.05, 0) is 32.8 Å². The van der Waals surface area contributed by atoms with Crippen molar-refractivity contribution in [3.63, 3.8) is 0 Å². The summed E-state index contributed by atoms with van der Waals surface area (Å²) in [6, 6.07) is 18.8. The lowest BCUT2D eigenvalue weighted by molar-refractivity contribution is -0.134. The van der Waals surface area contributed by atoms with Gasteiger partial charge in [0.2, 0.25) is 5.91 Å². The van der Waals surface area contributed by atoms with Crippen LogP contribution in [-0.4, -0.2) is 40.4 Å². The molecule has 0 aliphatic carbocycles. The number of benzene rings is 2. The van der Waals surface area contributed by atoms with E-state index in [4.69, 9.17) is 9.57 Å². The van der Waals surface area contributed by atoms with E-state index in [2.05, 4.69) is 5.16 Å². The number of hydrogen-bond donors (Lipinski definition) is 0. The van der Waals surface area contributed by atoms with Crippen molar-refractivity contribution in [1.29, 1.82) is 0 Å². The van der Waals surface area contributed by atoms with E-state index in [1.807, 2.05) is 74.5 Å². The van der Waals surface area contributed by atoms with E-state index in [-0.39, 0.29) is 5.91 Å². The van der Waals surface area contributed by atoms with Gasteiger partial charge in [-0.2, -0.15) is 0 Å². The van der Waals surface area contributed by atoms with E-state index in [0.29, 0.717) is 12.1 Å². The van der Waals surface area contributed by atoms with Gasteiger partial charge in [-0.25, -0.2) is 9.69 Å². The van der Waals surface area contributed by atoms with Crippen LogP contribution in [0.3, 0.4) is 0 Å². The summed E-state index contributed by atoms with van der Waals surface area (Å²) in [7, 11) is 0. The van der Waals surface area contributed by atoms with Crippen LogP contribution in [0.25, 0.3) is 0 Å². The molecule has 0 N–H and O–H groups in total. The molecule has 2 aromatic rings. The normalized spacial score (nSPS) is 25.3. The Balaban J connectivity index is 1.66. The Labute approximate surface area is 170 Å². The second-order valence-electron chi connectivity index (χ2n) is 8.02. The zero-order chi connectivity index (χ0) is 20.6. The van der Waals surface area contributed by atoms with Crippen molar-refractivity contribution in [3.8, 4) is 0 Å². The number of hydrogen-bond acceptors (Lipinski definition) is 5. The summed E-state index contributed by atoms with van der Waals surface area (Å²) < 4.78 is 5.59. The van der Waals surface area contributed by atoms with Crippen molar-refractivity contribution in [3.05, 3.63) is 71.8 Å². The van der Waals surface area contributed by atoms with Crippen molar-refractivity contribution in [2.45, 2.75) is 44.9 Å². The van der Waals surface area contributed by atoms with Crippen LogP contribution < -0.4 is 0 Å². The number of cyclic esters (lactones) is 1. The predicted octanol–water partition coefficient (Wildman–Crippen LogP) is 3.79. The summed E-state index contributed by atoms with van der Waals surface area (Å²) >= 11 is 0. The van der Waals surface area contributed by atoms with Gasteiger partial charge in [0.25, 0.3) is 0 Å². The highest BCUT2D eigenvalue weighted by Gasteiger charge is 2.54. The number of carbonyl (C=O) groups excluding carboxylic acids is 2. The summed E-state index contributed by atoms with van der Waals surface area (Å²) in [5.41, 5.74) is 1.59. The Bertz CT molecular complexity index is 940. The SMILES string of the molecule is C[C@@H]1ON=C(c2ccccc2)[C@@H]1C(=O)N1C(=O)OC(C)(C)[C@@H]1Cc1ccccc1. The van der Waals surface area contributed by atoms with Crippen LogP contribution in [0.4, 0.5) is 4.79 Å². The lowest BCUT2D eigenvalue weighted by Crippen LogP contribution is -2.50. The third-order valence-corrected chi connectivity index (χ3v) is 5.59. The highest BCUT2D eigenvalue weighted by molar-refractivity contribution is 6.16. The van der Waals surface area contributed by atoms with Gasteiger partial charge in [0, 0.05) is 5.56 Å². The van der Waals surface area contributed by atoms with Crippen LogP contribution in [-0.2, 0) is 20.8 Å². The Morgan fingerprint density at radius 1 is 1.07 bits per heavy atom. The molecular weight excluding hydrogens is 368 g/mol. The lowest BCUT2D eigenvalue weighted by atomic mass is 9.88. The maximum absolute atomic E-state index is 13.6. The highest BCUT2D eigenvalue weighted by Crippen LogP contribution is 2.35. The van der Waals surface area contributed by atoms with E-state index in [1.54, 1.807) is 6.92 Å². The fraction of sp³-hybridized carbons (Fsp3) is 0.348. The first kappa shape index (κ1) is 19.2. The molecule has 1 saturated heterocycles. The van der Waals surface area contributed by atoms with Crippen LogP contribution in [0.1, 0.15) is 31.9 Å². The Hall–Kier alpha value is -3.15. The molecule has 4 rings (SSSR count). The topological polar surface area (TPSA) is 68.2 Å². The molecule has 6 heteroatoms. The molecule has 2 aliphatic rings. The summed E-state index contributed by atoms with van der Waals surface area (Å²) in [4.78, 5) is 33.1. The first-order valence-electron chi connectivity index (χ1n) is 9.77. The number of amides is 2. The molecule has 0 saturated carbocycles. The molecule has 0 aromatic heterocycles. The number of nitrogens with zero attached hydrogens (tertiary/aromatic N) is 2. The average molecular weight is 392 g/mol. The molecule has 0 radical (unpaired) electrons. The first-order chi connectivity index (χ1) is 13.9. The maximum Gasteiger partial charge on any atom is 0.417 e. The van der Waals surface area contributed by atoms with Gasteiger partial charge in [-0.15, -0.1) is 0 Å². The van der Waals surface area contributed by atoms with Crippen molar-refractivity contribution in [2.75, 3.05) is 0 Å². The van der Waals surface area contributed by atoms with Crippen LogP contribution >= 0.6 is 0 Å². The standard InChI is InChI=1S/C23H24N2O4/c1-15-19(20(24-29-15)17-12-8-5-9-13-17)21(26)25-18(23(2,3)28-22(25)27)14-16-10-6-4-7-11-16/h4-13,15,18-19H,14H2,1-3H3/t15-,18-,19+/m0/s1. The molecule has 2 heterocycles. The molecule has 1 fully saturated rings. The Morgan fingerprint density at radius 3 is 2.34 bits per heavy atom. The van der Waals surface area contributed by atoms with Crippen molar-refractivity contribution in [2.24, 2.45) is 11.1 Å². The smallest absolute Gasteiger partial charge is 0.417 e. The van der Waals surface area contributed by atoms with Crippen LogP contribution in [0, 0.1) is 5.92 Å². The quantitative estimate of drug-likeness (QED) is 0.794. The molecule has 29 heavy (non-hydrogen) atoms. The molecule has 0 unspecified atom stereocenters. The second kappa shape index (κ2) is 7.35. The third kappa shape index (κ3) is 3.50. The fourth-order valence-electron chi connectivity index (χ4n) is 3.99. The third-order valence-electron chi connectivity index (χ3n) is 5.59. The average Bonchev–Trinajstić information content (AvgIpc) is 3.19. The van der Waals surface area contributed by atoms with Crippen LogP contribution in [0.15, 0.2) is 65.8 Å². The number of rotatable bonds is 4. The first-order valence-corrected chi connectivity index (χ1v) is 9.77. The minimum atomic E-state index is -0.796. The van der Waals surface area contributed by atoms with Gasteiger partial charge >= 0.3 is 6.09 Å². The monoisotopic (exact) mass is 392 g/mol. The van der Waals surface area contributed by atoms with E-state index < -0.39 is 29.8 Å². The fourth-order valence-corrected chi connectivity index (χ4v) is 3.99. The number of oxime groups is 1. The largest absolute Gasteiger partial charge is 0.441 e. The molecule has 0 spiro atoms. The molecule has 150 valence electrons. The van der Waals surface area contributed by atoms with Gasteiger partial charge < -0.3 is 9.57 Å². The molecule has 6 nitrogen and oxygen atoms in total. The molecular formula is C23H24N2O4. The minimum Gasteiger partial charge on any atom is -0.441 e. The summed E-state index contributed by atoms with van der Waals surface area (Å²) in [5.74, 6) is -1.01. The molecule has 2 aromatic carbocycles. The van der Waals surface area contributed by atoms with E-state index in [0.717, 1.165) is 11.1 Å². The second-order valence-corrected chi connectivity index (χ2v) is 8.02. The summed E-state index contributed by atoms with van der Waals surface area (Å²) in [6.07, 6.45) is -0.565. The van der Waals surface area contributed by atoms with Crippen LogP contribution in [0.5, 0.6) is 0 Å². The molecule has 0 bridgehead atoms. The van der Waals surface area contributed by atoms with Crippen molar-refractivity contribution in [1.82, 2.24) is 4.90 Å².